The fourth-order valence-electron chi connectivity index (χ4n) is 2.18. The highest BCUT2D eigenvalue weighted by Crippen LogP contribution is 2.21. The van der Waals surface area contributed by atoms with Gasteiger partial charge in [-0.3, -0.25) is 0 Å². The Morgan fingerprint density at radius 2 is 2.20 bits per heavy atom. The highest BCUT2D eigenvalue weighted by Gasteiger charge is 2.11. The highest BCUT2D eigenvalue weighted by atomic mass is 127. The van der Waals surface area contributed by atoms with Crippen molar-refractivity contribution in [1.29, 1.82) is 0 Å². The molecule has 1 aromatic heterocycles. The van der Waals surface area contributed by atoms with Crippen LogP contribution in [0.4, 0.5) is 4.39 Å². The monoisotopic (exact) mass is 478 g/mol. The number of aliphatic imine (C=N–C) groups is 1. The smallest absolute Gasteiger partial charge is 0.192 e. The second kappa shape index (κ2) is 10.5. The molecule has 0 aliphatic rings. The van der Waals surface area contributed by atoms with Crippen molar-refractivity contribution in [3.05, 3.63) is 45.7 Å². The lowest BCUT2D eigenvalue weighted by atomic mass is 10.1. The summed E-state index contributed by atoms with van der Waals surface area (Å²) < 4.78 is 18.8. The third kappa shape index (κ3) is 6.43. The molecule has 0 bridgehead atoms. The van der Waals surface area contributed by atoms with Crippen molar-refractivity contribution in [2.75, 3.05) is 13.7 Å². The van der Waals surface area contributed by atoms with E-state index in [2.05, 4.69) is 20.6 Å². The Bertz CT molecular complexity index is 708. The summed E-state index contributed by atoms with van der Waals surface area (Å²) in [7, 11) is 1.45. The Morgan fingerprint density at radius 3 is 2.76 bits per heavy atom. The normalized spacial score (nSPS) is 12.3. The van der Waals surface area contributed by atoms with Gasteiger partial charge in [0.15, 0.2) is 17.5 Å². The molecule has 0 fully saturated rings. The number of benzene rings is 1. The van der Waals surface area contributed by atoms with Gasteiger partial charge in [-0.1, -0.05) is 6.07 Å². The SMILES string of the molecule is CCNC(=NCc1ncc(C)s1)NC(C)c1ccc(OC)c(F)c1.I. The van der Waals surface area contributed by atoms with Gasteiger partial charge in [-0.15, -0.1) is 35.3 Å². The number of nitrogens with one attached hydrogen (secondary N) is 2. The Morgan fingerprint density at radius 1 is 1.44 bits per heavy atom. The van der Waals surface area contributed by atoms with E-state index in [9.17, 15) is 4.39 Å². The van der Waals surface area contributed by atoms with Crippen molar-refractivity contribution < 1.29 is 9.13 Å². The molecule has 1 aromatic carbocycles. The molecule has 1 unspecified atom stereocenters. The van der Waals surface area contributed by atoms with Crippen molar-refractivity contribution in [1.82, 2.24) is 15.6 Å². The van der Waals surface area contributed by atoms with E-state index in [1.165, 1.54) is 18.1 Å². The minimum atomic E-state index is -0.371. The summed E-state index contributed by atoms with van der Waals surface area (Å²) in [6.07, 6.45) is 1.85. The van der Waals surface area contributed by atoms with Gasteiger partial charge in [-0.05, 0) is 38.5 Å². The third-order valence-electron chi connectivity index (χ3n) is 3.41. The van der Waals surface area contributed by atoms with Gasteiger partial charge in [0.25, 0.3) is 0 Å². The predicted octanol–water partition coefficient (Wildman–Crippen LogP) is 4.03. The summed E-state index contributed by atoms with van der Waals surface area (Å²) in [6.45, 7) is 7.24. The quantitative estimate of drug-likeness (QED) is 0.374. The molecule has 1 heterocycles. The maximum atomic E-state index is 13.9. The van der Waals surface area contributed by atoms with Crippen LogP contribution in [0.25, 0.3) is 0 Å². The van der Waals surface area contributed by atoms with Crippen molar-refractivity contribution in [2.24, 2.45) is 4.99 Å². The lowest BCUT2D eigenvalue weighted by Crippen LogP contribution is -2.38. The number of rotatable bonds is 6. The van der Waals surface area contributed by atoms with Gasteiger partial charge < -0.3 is 15.4 Å². The molecule has 0 saturated carbocycles. The van der Waals surface area contributed by atoms with E-state index in [0.29, 0.717) is 12.5 Å². The molecule has 0 aliphatic heterocycles. The van der Waals surface area contributed by atoms with Crippen LogP contribution in [0.2, 0.25) is 0 Å². The van der Waals surface area contributed by atoms with Crippen LogP contribution in [0.1, 0.15) is 35.3 Å². The second-order valence-corrected chi connectivity index (χ2v) is 6.64. The zero-order valence-corrected chi connectivity index (χ0v) is 17.9. The Balaban J connectivity index is 0.00000312. The number of guanidine groups is 1. The predicted molar refractivity (Wildman–Crippen MR) is 112 cm³/mol. The van der Waals surface area contributed by atoms with Gasteiger partial charge in [-0.2, -0.15) is 0 Å². The summed E-state index contributed by atoms with van der Waals surface area (Å²) in [4.78, 5) is 10.0. The minimum Gasteiger partial charge on any atom is -0.494 e. The molecule has 8 heteroatoms. The molecule has 1 atom stereocenters. The number of halogens is 2. The summed E-state index contributed by atoms with van der Waals surface area (Å²) in [6, 6.07) is 4.85. The number of methoxy groups -OCH3 is 1. The number of aromatic nitrogens is 1. The van der Waals surface area contributed by atoms with E-state index in [1.807, 2.05) is 33.0 Å². The molecule has 0 aliphatic carbocycles. The van der Waals surface area contributed by atoms with Crippen LogP contribution in [0.5, 0.6) is 5.75 Å². The maximum Gasteiger partial charge on any atom is 0.192 e. The molecule has 2 rings (SSSR count). The minimum absolute atomic E-state index is 0. The van der Waals surface area contributed by atoms with E-state index in [0.717, 1.165) is 17.1 Å². The van der Waals surface area contributed by atoms with Gasteiger partial charge in [0.1, 0.15) is 5.01 Å². The molecule has 0 spiro atoms. The molecule has 0 radical (unpaired) electrons. The zero-order valence-electron chi connectivity index (χ0n) is 14.8. The molecule has 2 aromatic rings. The molecular weight excluding hydrogens is 454 g/mol. The van der Waals surface area contributed by atoms with E-state index >= 15 is 0 Å². The molecule has 5 nitrogen and oxygen atoms in total. The first-order chi connectivity index (χ1) is 11.5. The van der Waals surface area contributed by atoms with Crippen molar-refractivity contribution >= 4 is 41.3 Å². The van der Waals surface area contributed by atoms with Gasteiger partial charge in [0.05, 0.1) is 19.7 Å². The molecule has 138 valence electrons. The van der Waals surface area contributed by atoms with Crippen molar-refractivity contribution in [3.63, 3.8) is 0 Å². The number of nitrogens with zero attached hydrogens (tertiary/aromatic N) is 2. The second-order valence-electron chi connectivity index (χ2n) is 5.32. The molecule has 25 heavy (non-hydrogen) atoms. The fourth-order valence-corrected chi connectivity index (χ4v) is 2.89. The topological polar surface area (TPSA) is 58.5 Å². The summed E-state index contributed by atoms with van der Waals surface area (Å²) in [5, 5.41) is 7.44. The maximum absolute atomic E-state index is 13.9. The number of thiazole rings is 1. The molecule has 2 N–H and O–H groups in total. The first-order valence-electron chi connectivity index (χ1n) is 7.83. The van der Waals surface area contributed by atoms with Crippen LogP contribution < -0.4 is 15.4 Å². The van der Waals surface area contributed by atoms with Gasteiger partial charge in [0, 0.05) is 17.6 Å². The van der Waals surface area contributed by atoms with E-state index in [4.69, 9.17) is 4.74 Å². The summed E-state index contributed by atoms with van der Waals surface area (Å²) >= 11 is 1.63. The first kappa shape index (κ1) is 21.6. The van der Waals surface area contributed by atoms with Gasteiger partial charge >= 0.3 is 0 Å². The molecule has 0 saturated heterocycles. The average molecular weight is 478 g/mol. The Hall–Kier alpha value is -1.42. The van der Waals surface area contributed by atoms with Crippen LogP contribution in [0, 0.1) is 12.7 Å². The molecule has 0 amide bonds. The third-order valence-corrected chi connectivity index (χ3v) is 4.31. The summed E-state index contributed by atoms with van der Waals surface area (Å²) in [5.41, 5.74) is 0.823. The van der Waals surface area contributed by atoms with Crippen molar-refractivity contribution in [3.8, 4) is 5.75 Å². The zero-order chi connectivity index (χ0) is 17.5. The Labute approximate surface area is 169 Å². The Kier molecular flexibility index (Phi) is 9.12. The van der Waals surface area contributed by atoms with Gasteiger partial charge in [0.2, 0.25) is 0 Å². The van der Waals surface area contributed by atoms with E-state index in [-0.39, 0.29) is 41.6 Å². The van der Waals surface area contributed by atoms with Crippen LogP contribution in [-0.4, -0.2) is 24.6 Å². The van der Waals surface area contributed by atoms with Crippen LogP contribution in [0.15, 0.2) is 29.4 Å². The number of hydrogen-bond acceptors (Lipinski definition) is 4. The lowest BCUT2D eigenvalue weighted by Gasteiger charge is -2.18. The number of hydrogen-bond donors (Lipinski definition) is 2. The molecular formula is C17H24FIN4OS. The van der Waals surface area contributed by atoms with Crippen LogP contribution in [-0.2, 0) is 6.54 Å². The van der Waals surface area contributed by atoms with Gasteiger partial charge in [-0.25, -0.2) is 14.4 Å². The standard InChI is InChI=1S/C17H23FN4OS.HI/c1-5-19-17(21-10-16-20-9-11(2)24-16)22-12(3)13-6-7-15(23-4)14(18)8-13;/h6-9,12H,5,10H2,1-4H3,(H2,19,21,22);1H. The van der Waals surface area contributed by atoms with E-state index < -0.39 is 0 Å². The van der Waals surface area contributed by atoms with Crippen molar-refractivity contribution in [2.45, 2.75) is 33.4 Å². The largest absolute Gasteiger partial charge is 0.494 e. The lowest BCUT2D eigenvalue weighted by molar-refractivity contribution is 0.386. The van der Waals surface area contributed by atoms with E-state index in [1.54, 1.807) is 17.4 Å². The highest BCUT2D eigenvalue weighted by molar-refractivity contribution is 14.0. The fraction of sp³-hybridized carbons (Fsp3) is 0.412. The van der Waals surface area contributed by atoms with Crippen LogP contribution >= 0.6 is 35.3 Å². The number of ether oxygens (including phenoxy) is 1. The summed E-state index contributed by atoms with van der Waals surface area (Å²) in [5.74, 6) is 0.545. The first-order valence-corrected chi connectivity index (χ1v) is 8.64. The van der Waals surface area contributed by atoms with Crippen LogP contribution in [0.3, 0.4) is 0 Å². The average Bonchev–Trinajstić information content (AvgIpc) is 2.98. The number of aryl methyl sites for hydroxylation is 1.